The number of hydrogen-bond acceptors (Lipinski definition) is 2. The predicted octanol–water partition coefficient (Wildman–Crippen LogP) is 3.59. The van der Waals surface area contributed by atoms with E-state index >= 15 is 0 Å². The van der Waals surface area contributed by atoms with Crippen molar-refractivity contribution in [2.45, 2.75) is 18.3 Å². The third kappa shape index (κ3) is 2.25. The van der Waals surface area contributed by atoms with Crippen LogP contribution in [0.5, 0.6) is 0 Å². The minimum Gasteiger partial charge on any atom is -0.398 e. The van der Waals surface area contributed by atoms with Crippen LogP contribution in [0.2, 0.25) is 5.02 Å². The Hall–Kier alpha value is -2.00. The lowest BCUT2D eigenvalue weighted by Crippen LogP contribution is -2.27. The summed E-state index contributed by atoms with van der Waals surface area (Å²) in [5.74, 6) is 0.0181. The number of carbonyl (C=O) groups excluding carboxylic acids is 1. The molecule has 0 radical (unpaired) electrons. The van der Waals surface area contributed by atoms with Gasteiger partial charge in [0.1, 0.15) is 0 Å². The second-order valence-electron chi connectivity index (χ2n) is 5.14. The zero-order valence-electron chi connectivity index (χ0n) is 10.9. The fourth-order valence-corrected chi connectivity index (χ4v) is 2.57. The highest BCUT2D eigenvalue weighted by Crippen LogP contribution is 2.49. The highest BCUT2D eigenvalue weighted by molar-refractivity contribution is 6.33. The van der Waals surface area contributed by atoms with Gasteiger partial charge in [-0.3, -0.25) is 4.79 Å². The average molecular weight is 287 g/mol. The summed E-state index contributed by atoms with van der Waals surface area (Å²) in [5, 5.41) is 3.38. The van der Waals surface area contributed by atoms with Gasteiger partial charge in [-0.15, -0.1) is 0 Å². The summed E-state index contributed by atoms with van der Waals surface area (Å²) >= 11 is 5.97. The molecule has 3 rings (SSSR count). The van der Waals surface area contributed by atoms with Crippen LogP contribution in [-0.2, 0) is 10.2 Å². The molecule has 0 aliphatic heterocycles. The van der Waals surface area contributed by atoms with Crippen molar-refractivity contribution < 1.29 is 4.79 Å². The fourth-order valence-electron chi connectivity index (χ4n) is 2.38. The lowest BCUT2D eigenvalue weighted by Gasteiger charge is -2.16. The number of halogens is 1. The van der Waals surface area contributed by atoms with Crippen LogP contribution >= 0.6 is 11.6 Å². The Morgan fingerprint density at radius 2 is 1.85 bits per heavy atom. The Morgan fingerprint density at radius 3 is 2.45 bits per heavy atom. The van der Waals surface area contributed by atoms with Gasteiger partial charge < -0.3 is 11.1 Å². The first-order valence-corrected chi connectivity index (χ1v) is 6.92. The van der Waals surface area contributed by atoms with E-state index in [1.54, 1.807) is 18.2 Å². The highest BCUT2D eigenvalue weighted by atomic mass is 35.5. The zero-order valence-corrected chi connectivity index (χ0v) is 11.7. The molecule has 1 aliphatic carbocycles. The molecule has 1 aliphatic rings. The van der Waals surface area contributed by atoms with Crippen molar-refractivity contribution in [1.29, 1.82) is 0 Å². The van der Waals surface area contributed by atoms with Crippen molar-refractivity contribution in [3.05, 3.63) is 59.1 Å². The van der Waals surface area contributed by atoms with E-state index in [1.165, 1.54) is 0 Å². The fraction of sp³-hybridized carbons (Fsp3) is 0.188. The minimum atomic E-state index is -0.380. The van der Waals surface area contributed by atoms with Gasteiger partial charge >= 0.3 is 0 Å². The quantitative estimate of drug-likeness (QED) is 0.847. The van der Waals surface area contributed by atoms with Crippen LogP contribution in [0, 0.1) is 0 Å². The molecule has 2 aromatic carbocycles. The summed E-state index contributed by atoms with van der Waals surface area (Å²) in [6.45, 7) is 0. The van der Waals surface area contributed by atoms with E-state index in [-0.39, 0.29) is 11.3 Å². The van der Waals surface area contributed by atoms with Crippen LogP contribution in [0.25, 0.3) is 0 Å². The van der Waals surface area contributed by atoms with E-state index in [0.29, 0.717) is 16.4 Å². The number of carbonyl (C=O) groups is 1. The lowest BCUT2D eigenvalue weighted by atomic mass is 9.95. The van der Waals surface area contributed by atoms with Gasteiger partial charge in [-0.2, -0.15) is 0 Å². The third-order valence-corrected chi connectivity index (χ3v) is 4.10. The lowest BCUT2D eigenvalue weighted by molar-refractivity contribution is -0.118. The van der Waals surface area contributed by atoms with Crippen LogP contribution in [0.1, 0.15) is 18.4 Å². The van der Waals surface area contributed by atoms with Crippen LogP contribution in [0.4, 0.5) is 11.4 Å². The van der Waals surface area contributed by atoms with Gasteiger partial charge in [0.15, 0.2) is 0 Å². The average Bonchev–Trinajstić information content (AvgIpc) is 3.26. The first kappa shape index (κ1) is 13.0. The third-order valence-electron chi connectivity index (χ3n) is 3.77. The molecular weight excluding hydrogens is 272 g/mol. The highest BCUT2D eigenvalue weighted by Gasteiger charge is 2.51. The standard InChI is InChI=1S/C16H15ClN2O/c17-13-10-12(6-7-14(13)18)19-15(20)16(8-9-16)11-4-2-1-3-5-11/h1-7,10H,8-9,18H2,(H,19,20). The van der Waals surface area contributed by atoms with Crippen molar-refractivity contribution >= 4 is 28.9 Å². The normalized spacial score (nSPS) is 15.7. The summed E-state index contributed by atoms with van der Waals surface area (Å²) in [4.78, 5) is 12.5. The summed E-state index contributed by atoms with van der Waals surface area (Å²) in [6, 6.07) is 15.0. The van der Waals surface area contributed by atoms with Gasteiger partial charge in [0.25, 0.3) is 0 Å². The number of amides is 1. The number of rotatable bonds is 3. The molecule has 0 aromatic heterocycles. The Morgan fingerprint density at radius 1 is 1.15 bits per heavy atom. The largest absolute Gasteiger partial charge is 0.398 e. The number of hydrogen-bond donors (Lipinski definition) is 2. The molecule has 1 saturated carbocycles. The maximum absolute atomic E-state index is 12.5. The Kier molecular flexibility index (Phi) is 3.14. The number of nitrogen functional groups attached to an aromatic ring is 1. The molecule has 20 heavy (non-hydrogen) atoms. The van der Waals surface area contributed by atoms with Crippen molar-refractivity contribution in [3.63, 3.8) is 0 Å². The number of nitrogens with one attached hydrogen (secondary N) is 1. The van der Waals surface area contributed by atoms with Crippen LogP contribution in [0.3, 0.4) is 0 Å². The minimum absolute atomic E-state index is 0.0181. The SMILES string of the molecule is Nc1ccc(NC(=O)C2(c3ccccc3)CC2)cc1Cl. The molecule has 3 nitrogen and oxygen atoms in total. The topological polar surface area (TPSA) is 55.1 Å². The molecule has 0 atom stereocenters. The van der Waals surface area contributed by atoms with E-state index in [1.807, 2.05) is 30.3 Å². The van der Waals surface area contributed by atoms with Crippen molar-refractivity contribution in [2.24, 2.45) is 0 Å². The Labute approximate surface area is 122 Å². The van der Waals surface area contributed by atoms with Gasteiger partial charge in [-0.1, -0.05) is 41.9 Å². The molecule has 102 valence electrons. The van der Waals surface area contributed by atoms with Crippen LogP contribution < -0.4 is 11.1 Å². The maximum Gasteiger partial charge on any atom is 0.235 e. The molecule has 3 N–H and O–H groups in total. The van der Waals surface area contributed by atoms with E-state index < -0.39 is 0 Å². The second kappa shape index (κ2) is 4.84. The number of benzene rings is 2. The molecular formula is C16H15ClN2O. The van der Waals surface area contributed by atoms with E-state index in [0.717, 1.165) is 18.4 Å². The van der Waals surface area contributed by atoms with Gasteiger partial charge in [-0.05, 0) is 36.6 Å². The summed E-state index contributed by atoms with van der Waals surface area (Å²) < 4.78 is 0. The first-order chi connectivity index (χ1) is 9.62. The Balaban J connectivity index is 1.81. The number of anilines is 2. The predicted molar refractivity (Wildman–Crippen MR) is 81.8 cm³/mol. The van der Waals surface area contributed by atoms with Crippen molar-refractivity contribution in [1.82, 2.24) is 0 Å². The van der Waals surface area contributed by atoms with E-state index in [2.05, 4.69) is 5.32 Å². The Bertz CT molecular complexity index is 651. The molecule has 2 aromatic rings. The van der Waals surface area contributed by atoms with Crippen LogP contribution in [-0.4, -0.2) is 5.91 Å². The molecule has 0 bridgehead atoms. The van der Waals surface area contributed by atoms with Crippen molar-refractivity contribution in [2.75, 3.05) is 11.1 Å². The van der Waals surface area contributed by atoms with E-state index in [9.17, 15) is 4.79 Å². The molecule has 0 unspecified atom stereocenters. The molecule has 0 spiro atoms. The summed E-state index contributed by atoms with van der Waals surface area (Å²) in [6.07, 6.45) is 1.76. The van der Waals surface area contributed by atoms with Crippen LogP contribution in [0.15, 0.2) is 48.5 Å². The number of nitrogens with two attached hydrogens (primary N) is 1. The van der Waals surface area contributed by atoms with Gasteiger partial charge in [-0.25, -0.2) is 0 Å². The zero-order chi connectivity index (χ0) is 14.2. The first-order valence-electron chi connectivity index (χ1n) is 6.54. The van der Waals surface area contributed by atoms with E-state index in [4.69, 9.17) is 17.3 Å². The van der Waals surface area contributed by atoms with Gasteiger partial charge in [0, 0.05) is 5.69 Å². The molecule has 4 heteroatoms. The monoisotopic (exact) mass is 286 g/mol. The summed E-state index contributed by atoms with van der Waals surface area (Å²) in [7, 11) is 0. The molecule has 0 heterocycles. The summed E-state index contributed by atoms with van der Waals surface area (Å²) in [5.41, 5.74) is 7.54. The van der Waals surface area contributed by atoms with Gasteiger partial charge in [0.2, 0.25) is 5.91 Å². The molecule has 1 amide bonds. The van der Waals surface area contributed by atoms with Gasteiger partial charge in [0.05, 0.1) is 16.1 Å². The van der Waals surface area contributed by atoms with Crippen molar-refractivity contribution in [3.8, 4) is 0 Å². The maximum atomic E-state index is 12.5. The second-order valence-corrected chi connectivity index (χ2v) is 5.55. The smallest absolute Gasteiger partial charge is 0.235 e. The molecule has 0 saturated heterocycles. The molecule has 1 fully saturated rings.